The van der Waals surface area contributed by atoms with Crippen LogP contribution in [0.2, 0.25) is 0 Å². The maximum Gasteiger partial charge on any atom is 0.322 e. The van der Waals surface area contributed by atoms with Crippen LogP contribution < -0.4 is 14.2 Å². The molecule has 8 nitrogen and oxygen atoms in total. The van der Waals surface area contributed by atoms with Gasteiger partial charge < -0.3 is 19.0 Å². The predicted octanol–water partition coefficient (Wildman–Crippen LogP) is 6.54. The van der Waals surface area contributed by atoms with E-state index < -0.39 is 22.0 Å². The van der Waals surface area contributed by atoms with Crippen LogP contribution in [0, 0.1) is 12.8 Å². The number of sulfonamides is 1. The van der Waals surface area contributed by atoms with Crippen LogP contribution >= 0.6 is 15.9 Å². The normalized spacial score (nSPS) is 13.3. The van der Waals surface area contributed by atoms with Gasteiger partial charge in [-0.25, -0.2) is 8.42 Å². The van der Waals surface area contributed by atoms with Crippen molar-refractivity contribution in [1.29, 1.82) is 0 Å². The van der Waals surface area contributed by atoms with E-state index in [1.54, 1.807) is 26.2 Å². The lowest BCUT2D eigenvalue weighted by molar-refractivity contribution is -0.140. The summed E-state index contributed by atoms with van der Waals surface area (Å²) in [5, 5.41) is 10.3. The number of furan rings is 1. The van der Waals surface area contributed by atoms with Crippen LogP contribution in [0.5, 0.6) is 11.5 Å². The van der Waals surface area contributed by atoms with Gasteiger partial charge in [0.1, 0.15) is 35.5 Å². The molecule has 0 aliphatic carbocycles. The lowest BCUT2D eigenvalue weighted by Gasteiger charge is -2.20. The highest BCUT2D eigenvalue weighted by atomic mass is 79.9. The van der Waals surface area contributed by atoms with E-state index in [2.05, 4.69) is 20.7 Å². The Morgan fingerprint density at radius 2 is 1.67 bits per heavy atom. The number of methoxy groups -OCH3 is 1. The van der Waals surface area contributed by atoms with Gasteiger partial charge in [0.15, 0.2) is 0 Å². The van der Waals surface area contributed by atoms with Gasteiger partial charge in [0.2, 0.25) is 10.0 Å². The molecule has 4 aromatic rings. The van der Waals surface area contributed by atoms with Crippen molar-refractivity contribution < 1.29 is 32.2 Å². The number of benzene rings is 3. The molecule has 0 aliphatic heterocycles. The fraction of sp³-hybridized carbons (Fsp3) is 0.276. The Bertz CT molecular complexity index is 1580. The molecule has 0 aliphatic rings. The average molecular weight is 617 g/mol. The second-order valence-corrected chi connectivity index (χ2v) is 11.8. The molecular weight excluding hydrogens is 586 g/mol. The fourth-order valence-electron chi connectivity index (χ4n) is 4.27. The molecule has 0 fully saturated rings. The van der Waals surface area contributed by atoms with Crippen LogP contribution in [0.15, 0.2) is 74.4 Å². The minimum Gasteiger partial charge on any atom is -0.495 e. The number of hydrogen-bond donors (Lipinski definition) is 2. The minimum absolute atomic E-state index is 0.00520. The first kappa shape index (κ1) is 28.7. The van der Waals surface area contributed by atoms with Gasteiger partial charge in [-0.05, 0) is 76.3 Å². The van der Waals surface area contributed by atoms with E-state index in [1.807, 2.05) is 50.2 Å². The molecule has 39 heavy (non-hydrogen) atoms. The summed E-state index contributed by atoms with van der Waals surface area (Å²) in [7, 11) is -2.37. The Kier molecular flexibility index (Phi) is 8.68. The summed E-state index contributed by atoms with van der Waals surface area (Å²) in [4.78, 5) is 11.6. The van der Waals surface area contributed by atoms with Crippen LogP contribution in [-0.4, -0.2) is 32.6 Å². The van der Waals surface area contributed by atoms with E-state index in [4.69, 9.17) is 13.9 Å². The summed E-state index contributed by atoms with van der Waals surface area (Å²) >= 11 is 3.51. The zero-order chi connectivity index (χ0) is 28.3. The third-order valence-corrected chi connectivity index (χ3v) is 8.87. The Hall–Kier alpha value is -3.34. The van der Waals surface area contributed by atoms with Crippen molar-refractivity contribution in [3.05, 3.63) is 76.5 Å². The van der Waals surface area contributed by atoms with Gasteiger partial charge in [-0.1, -0.05) is 44.5 Å². The highest BCUT2D eigenvalue weighted by Crippen LogP contribution is 2.38. The number of carboxylic acid groups (broad SMARTS) is 1. The molecule has 3 aromatic carbocycles. The number of hydrogen-bond acceptors (Lipinski definition) is 6. The van der Waals surface area contributed by atoms with E-state index in [0.717, 1.165) is 37.9 Å². The smallest absolute Gasteiger partial charge is 0.322 e. The van der Waals surface area contributed by atoms with Gasteiger partial charge in [-0.2, -0.15) is 4.72 Å². The van der Waals surface area contributed by atoms with Crippen molar-refractivity contribution in [2.45, 2.75) is 44.7 Å². The second kappa shape index (κ2) is 11.8. The number of halogens is 1. The molecule has 1 heterocycles. The number of nitrogens with one attached hydrogen (secondary N) is 1. The van der Waals surface area contributed by atoms with Gasteiger partial charge in [0, 0.05) is 5.56 Å². The number of aryl methyl sites for hydroxylation is 1. The summed E-state index contributed by atoms with van der Waals surface area (Å²) < 4.78 is 46.2. The van der Waals surface area contributed by atoms with Crippen molar-refractivity contribution >= 4 is 42.9 Å². The number of rotatable bonds is 11. The molecule has 0 bridgehead atoms. The van der Waals surface area contributed by atoms with E-state index in [1.165, 1.54) is 12.1 Å². The van der Waals surface area contributed by atoms with Crippen LogP contribution in [0.4, 0.5) is 0 Å². The highest BCUT2D eigenvalue weighted by molar-refractivity contribution is 9.10. The predicted molar refractivity (Wildman–Crippen MR) is 153 cm³/mol. The number of aliphatic carboxylic acids is 1. The summed E-state index contributed by atoms with van der Waals surface area (Å²) in [6, 6.07) is 16.3. The Balaban J connectivity index is 1.45. The maximum absolute atomic E-state index is 12.8. The summed E-state index contributed by atoms with van der Waals surface area (Å²) in [5.41, 5.74) is 3.35. The molecule has 2 N–H and O–H groups in total. The topological polar surface area (TPSA) is 115 Å². The largest absolute Gasteiger partial charge is 0.495 e. The quantitative estimate of drug-likeness (QED) is 0.197. The van der Waals surface area contributed by atoms with Crippen molar-refractivity contribution in [2.75, 3.05) is 7.11 Å². The molecule has 0 saturated carbocycles. The van der Waals surface area contributed by atoms with E-state index >= 15 is 0 Å². The van der Waals surface area contributed by atoms with Crippen molar-refractivity contribution in [3.63, 3.8) is 0 Å². The molecular formula is C29H30BrNO7S. The Morgan fingerprint density at radius 3 is 2.23 bits per heavy atom. The third kappa shape index (κ3) is 6.13. The maximum atomic E-state index is 12.8. The zero-order valence-electron chi connectivity index (χ0n) is 22.0. The number of carboxylic acids is 1. The fourth-order valence-corrected chi connectivity index (χ4v) is 6.06. The molecule has 10 heteroatoms. The first-order valence-electron chi connectivity index (χ1n) is 12.4. The third-order valence-electron chi connectivity index (χ3n) is 6.79. The van der Waals surface area contributed by atoms with Gasteiger partial charge in [0.05, 0.1) is 21.9 Å². The molecule has 0 radical (unpaired) electrons. The van der Waals surface area contributed by atoms with Crippen molar-refractivity contribution in [1.82, 2.24) is 4.72 Å². The Morgan fingerprint density at radius 1 is 1.05 bits per heavy atom. The van der Waals surface area contributed by atoms with Gasteiger partial charge >= 0.3 is 5.97 Å². The van der Waals surface area contributed by atoms with E-state index in [9.17, 15) is 18.3 Å². The van der Waals surface area contributed by atoms with E-state index in [-0.39, 0.29) is 17.4 Å². The van der Waals surface area contributed by atoms with E-state index in [0.29, 0.717) is 17.9 Å². The van der Waals surface area contributed by atoms with Crippen molar-refractivity contribution in [3.8, 4) is 22.6 Å². The first-order valence-corrected chi connectivity index (χ1v) is 14.7. The first-order chi connectivity index (χ1) is 18.6. The number of fused-ring (bicyclic) bond motifs is 1. The number of carbonyl (C=O) groups is 1. The van der Waals surface area contributed by atoms with Crippen molar-refractivity contribution in [2.24, 2.45) is 5.92 Å². The van der Waals surface area contributed by atoms with Crippen LogP contribution in [0.25, 0.3) is 22.1 Å². The van der Waals surface area contributed by atoms with Crippen LogP contribution in [0.1, 0.15) is 31.6 Å². The lowest BCUT2D eigenvalue weighted by Crippen LogP contribution is -2.44. The summed E-state index contributed by atoms with van der Waals surface area (Å²) in [5.74, 6) is 0.526. The van der Waals surface area contributed by atoms with Crippen LogP contribution in [0.3, 0.4) is 0 Å². The number of ether oxygens (including phenoxy) is 2. The molecule has 0 spiro atoms. The minimum atomic E-state index is -3.99. The Labute approximate surface area is 236 Å². The lowest BCUT2D eigenvalue weighted by atomic mass is 10.0. The standard InChI is InChI=1S/C29H30BrNO7S/c1-5-17(2)27(29(32)33)31-39(34,35)22-12-8-20(9-13-22)19-6-10-21(11-7-19)37-16-25-18(3)26-24(38-25)15-14-23(30)28(26)36-4/h6-15,17,27,31H,5,16H2,1-4H3,(H,32,33). The van der Waals surface area contributed by atoms with Gasteiger partial charge in [-0.15, -0.1) is 0 Å². The molecule has 0 saturated heterocycles. The molecule has 2 unspecified atom stereocenters. The van der Waals surface area contributed by atoms with Gasteiger partial charge in [-0.3, -0.25) is 4.79 Å². The SMILES string of the molecule is CCC(C)C(NS(=O)(=O)c1ccc(-c2ccc(OCc3oc4ccc(Br)c(OC)c4c3C)cc2)cc1)C(=O)O. The summed E-state index contributed by atoms with van der Waals surface area (Å²) in [6.45, 7) is 5.73. The highest BCUT2D eigenvalue weighted by Gasteiger charge is 2.29. The second-order valence-electron chi connectivity index (χ2n) is 9.26. The monoisotopic (exact) mass is 615 g/mol. The summed E-state index contributed by atoms with van der Waals surface area (Å²) in [6.07, 6.45) is 0.531. The molecule has 2 atom stereocenters. The average Bonchev–Trinajstić information content (AvgIpc) is 3.25. The van der Waals surface area contributed by atoms with Crippen LogP contribution in [-0.2, 0) is 21.4 Å². The molecule has 0 amide bonds. The zero-order valence-corrected chi connectivity index (χ0v) is 24.4. The van der Waals surface area contributed by atoms with Gasteiger partial charge in [0.25, 0.3) is 0 Å². The molecule has 4 rings (SSSR count). The molecule has 1 aromatic heterocycles. The molecule has 206 valence electrons.